The highest BCUT2D eigenvalue weighted by Crippen LogP contribution is 2.12. The van der Waals surface area contributed by atoms with Gasteiger partial charge in [0.2, 0.25) is 0 Å². The fourth-order valence-corrected chi connectivity index (χ4v) is 0.903. The van der Waals surface area contributed by atoms with E-state index in [-0.39, 0.29) is 11.3 Å². The number of aromatic amines is 1. The van der Waals surface area contributed by atoms with Crippen LogP contribution in [0.3, 0.4) is 0 Å². The van der Waals surface area contributed by atoms with Crippen LogP contribution in [0, 0.1) is 0 Å². The SMILES string of the molecule is COCCc1c[nH]c(=O)cc1O. The Labute approximate surface area is 69.8 Å². The number of ether oxygens (including phenoxy) is 1. The average Bonchev–Trinajstić information content (AvgIpc) is 2.03. The Morgan fingerprint density at radius 1 is 1.67 bits per heavy atom. The monoisotopic (exact) mass is 169 g/mol. The minimum absolute atomic E-state index is 0.0239. The second-order valence-electron chi connectivity index (χ2n) is 2.45. The van der Waals surface area contributed by atoms with E-state index < -0.39 is 0 Å². The summed E-state index contributed by atoms with van der Waals surface area (Å²) >= 11 is 0. The van der Waals surface area contributed by atoms with Gasteiger partial charge in [-0.1, -0.05) is 0 Å². The zero-order chi connectivity index (χ0) is 8.97. The molecule has 0 saturated carbocycles. The van der Waals surface area contributed by atoms with Crippen molar-refractivity contribution in [1.82, 2.24) is 4.98 Å². The highest BCUT2D eigenvalue weighted by atomic mass is 16.5. The Hall–Kier alpha value is -1.29. The molecule has 0 spiro atoms. The van der Waals surface area contributed by atoms with Crippen molar-refractivity contribution in [3.8, 4) is 5.75 Å². The van der Waals surface area contributed by atoms with E-state index in [9.17, 15) is 9.90 Å². The summed E-state index contributed by atoms with van der Waals surface area (Å²) in [5.41, 5.74) is 0.394. The van der Waals surface area contributed by atoms with Crippen LogP contribution in [-0.2, 0) is 11.2 Å². The van der Waals surface area contributed by atoms with Crippen LogP contribution in [0.4, 0.5) is 0 Å². The second kappa shape index (κ2) is 3.92. The van der Waals surface area contributed by atoms with Crippen LogP contribution in [0.15, 0.2) is 17.1 Å². The van der Waals surface area contributed by atoms with Gasteiger partial charge in [-0.25, -0.2) is 0 Å². The van der Waals surface area contributed by atoms with Gasteiger partial charge in [0.05, 0.1) is 6.61 Å². The molecule has 0 radical (unpaired) electrons. The molecule has 1 aromatic heterocycles. The number of methoxy groups -OCH3 is 1. The first-order valence-electron chi connectivity index (χ1n) is 3.63. The number of aromatic hydroxyl groups is 1. The Bertz CT molecular complexity index is 305. The number of hydrogen-bond acceptors (Lipinski definition) is 3. The van der Waals surface area contributed by atoms with Crippen molar-refractivity contribution in [3.05, 3.63) is 28.2 Å². The summed E-state index contributed by atoms with van der Waals surface area (Å²) in [5, 5.41) is 9.24. The van der Waals surface area contributed by atoms with E-state index in [0.717, 1.165) is 6.07 Å². The van der Waals surface area contributed by atoms with Gasteiger partial charge in [-0.15, -0.1) is 0 Å². The summed E-state index contributed by atoms with van der Waals surface area (Å²) in [6.07, 6.45) is 2.09. The minimum Gasteiger partial charge on any atom is -0.507 e. The van der Waals surface area contributed by atoms with Crippen molar-refractivity contribution in [2.24, 2.45) is 0 Å². The molecule has 0 aliphatic carbocycles. The lowest BCUT2D eigenvalue weighted by Crippen LogP contribution is -2.05. The molecule has 0 aliphatic rings. The van der Waals surface area contributed by atoms with Crippen molar-refractivity contribution in [2.45, 2.75) is 6.42 Å². The molecule has 2 N–H and O–H groups in total. The summed E-state index contributed by atoms with van der Waals surface area (Å²) in [7, 11) is 1.59. The smallest absolute Gasteiger partial charge is 0.251 e. The molecular weight excluding hydrogens is 158 g/mol. The van der Waals surface area contributed by atoms with Gasteiger partial charge >= 0.3 is 0 Å². The number of H-pyrrole nitrogens is 1. The molecular formula is C8H11NO3. The minimum atomic E-state index is -0.298. The Morgan fingerprint density at radius 3 is 3.00 bits per heavy atom. The molecule has 4 nitrogen and oxygen atoms in total. The van der Waals surface area contributed by atoms with E-state index in [2.05, 4.69) is 4.98 Å². The molecule has 12 heavy (non-hydrogen) atoms. The summed E-state index contributed by atoms with van der Waals surface area (Å²) in [4.78, 5) is 13.1. The van der Waals surface area contributed by atoms with Crippen molar-refractivity contribution in [3.63, 3.8) is 0 Å². The summed E-state index contributed by atoms with van der Waals surface area (Å²) in [5.74, 6) is 0.0239. The first-order chi connectivity index (χ1) is 5.74. The van der Waals surface area contributed by atoms with Crippen molar-refractivity contribution >= 4 is 0 Å². The predicted molar refractivity (Wildman–Crippen MR) is 44.3 cm³/mol. The third-order valence-corrected chi connectivity index (χ3v) is 1.56. The predicted octanol–water partition coefficient (Wildman–Crippen LogP) is 0.269. The lowest BCUT2D eigenvalue weighted by molar-refractivity contribution is 0.201. The maximum absolute atomic E-state index is 10.7. The largest absolute Gasteiger partial charge is 0.507 e. The zero-order valence-corrected chi connectivity index (χ0v) is 6.83. The molecule has 0 bridgehead atoms. The lowest BCUT2D eigenvalue weighted by atomic mass is 10.2. The van der Waals surface area contributed by atoms with E-state index in [1.165, 1.54) is 6.20 Å². The van der Waals surface area contributed by atoms with Crippen LogP contribution >= 0.6 is 0 Å². The second-order valence-corrected chi connectivity index (χ2v) is 2.45. The third-order valence-electron chi connectivity index (χ3n) is 1.56. The summed E-state index contributed by atoms with van der Waals surface area (Å²) < 4.78 is 4.83. The van der Waals surface area contributed by atoms with E-state index in [1.807, 2.05) is 0 Å². The molecule has 1 rings (SSSR count). The van der Waals surface area contributed by atoms with E-state index in [4.69, 9.17) is 4.74 Å². The van der Waals surface area contributed by atoms with Gasteiger partial charge < -0.3 is 14.8 Å². The molecule has 0 atom stereocenters. The number of pyridine rings is 1. The van der Waals surface area contributed by atoms with Crippen LogP contribution in [0.1, 0.15) is 5.56 Å². The highest BCUT2D eigenvalue weighted by Gasteiger charge is 2.00. The molecule has 0 saturated heterocycles. The number of rotatable bonds is 3. The normalized spacial score (nSPS) is 10.1. The molecule has 0 fully saturated rings. The standard InChI is InChI=1S/C8H11NO3/c1-12-3-2-6-5-9-8(11)4-7(6)10/h4-5H,2-3H2,1H3,(H2,9,10,11). The Kier molecular flexibility index (Phi) is 2.88. The van der Waals surface area contributed by atoms with Gasteiger partial charge in [-0.2, -0.15) is 0 Å². The van der Waals surface area contributed by atoms with Crippen molar-refractivity contribution in [2.75, 3.05) is 13.7 Å². The average molecular weight is 169 g/mol. The molecule has 66 valence electrons. The van der Waals surface area contributed by atoms with Crippen LogP contribution in [0.5, 0.6) is 5.75 Å². The lowest BCUT2D eigenvalue weighted by Gasteiger charge is -2.01. The molecule has 0 amide bonds. The van der Waals surface area contributed by atoms with Gasteiger partial charge in [-0.3, -0.25) is 4.79 Å². The summed E-state index contributed by atoms with van der Waals surface area (Å²) in [6, 6.07) is 1.16. The van der Waals surface area contributed by atoms with E-state index >= 15 is 0 Å². The quantitative estimate of drug-likeness (QED) is 0.682. The number of aromatic nitrogens is 1. The molecule has 0 unspecified atom stereocenters. The zero-order valence-electron chi connectivity index (χ0n) is 6.83. The van der Waals surface area contributed by atoms with E-state index in [0.29, 0.717) is 18.6 Å². The summed E-state index contributed by atoms with van der Waals surface area (Å²) in [6.45, 7) is 0.527. The first kappa shape index (κ1) is 8.80. The maximum atomic E-state index is 10.7. The van der Waals surface area contributed by atoms with Crippen LogP contribution in [0.25, 0.3) is 0 Å². The molecule has 1 aromatic rings. The Morgan fingerprint density at radius 2 is 2.42 bits per heavy atom. The number of hydrogen-bond donors (Lipinski definition) is 2. The van der Waals surface area contributed by atoms with Crippen LogP contribution in [-0.4, -0.2) is 23.8 Å². The Balaban J connectivity index is 2.79. The van der Waals surface area contributed by atoms with E-state index in [1.54, 1.807) is 7.11 Å². The fraction of sp³-hybridized carbons (Fsp3) is 0.375. The van der Waals surface area contributed by atoms with Crippen molar-refractivity contribution < 1.29 is 9.84 Å². The van der Waals surface area contributed by atoms with Gasteiger partial charge in [0.25, 0.3) is 5.56 Å². The highest BCUT2D eigenvalue weighted by molar-refractivity contribution is 5.28. The first-order valence-corrected chi connectivity index (χ1v) is 3.63. The van der Waals surface area contributed by atoms with Gasteiger partial charge in [-0.05, 0) is 0 Å². The van der Waals surface area contributed by atoms with Gasteiger partial charge in [0, 0.05) is 31.4 Å². The van der Waals surface area contributed by atoms with Crippen LogP contribution < -0.4 is 5.56 Å². The third kappa shape index (κ3) is 2.10. The van der Waals surface area contributed by atoms with Gasteiger partial charge in [0.15, 0.2) is 0 Å². The number of nitrogens with one attached hydrogen (secondary N) is 1. The molecule has 0 aromatic carbocycles. The van der Waals surface area contributed by atoms with Gasteiger partial charge in [0.1, 0.15) is 5.75 Å². The molecule has 1 heterocycles. The molecule has 0 aliphatic heterocycles. The molecule has 4 heteroatoms. The topological polar surface area (TPSA) is 62.3 Å². The van der Waals surface area contributed by atoms with Crippen LogP contribution in [0.2, 0.25) is 0 Å². The fourth-order valence-electron chi connectivity index (χ4n) is 0.903. The maximum Gasteiger partial charge on any atom is 0.251 e. The van der Waals surface area contributed by atoms with Crippen molar-refractivity contribution in [1.29, 1.82) is 0 Å².